The predicted molar refractivity (Wildman–Crippen MR) is 89.6 cm³/mol. The van der Waals surface area contributed by atoms with Crippen LogP contribution in [0.4, 0.5) is 10.6 Å². The lowest BCUT2D eigenvalue weighted by atomic mass is 10.0. The predicted octanol–water partition coefficient (Wildman–Crippen LogP) is 1.77. The Balaban J connectivity index is 1.98. The number of anilines is 1. The second-order valence-electron chi connectivity index (χ2n) is 6.94. The van der Waals surface area contributed by atoms with Crippen LogP contribution in [0.2, 0.25) is 0 Å². The van der Waals surface area contributed by atoms with Gasteiger partial charge in [0.25, 0.3) is 0 Å². The van der Waals surface area contributed by atoms with Crippen LogP contribution in [0.5, 0.6) is 0 Å². The molecule has 0 saturated carbocycles. The molecular weight excluding hydrogens is 324 g/mol. The van der Waals surface area contributed by atoms with E-state index in [0.29, 0.717) is 16.9 Å². The molecule has 0 aliphatic carbocycles. The van der Waals surface area contributed by atoms with Gasteiger partial charge in [-0.2, -0.15) is 0 Å². The molecule has 132 valence electrons. The van der Waals surface area contributed by atoms with Gasteiger partial charge in [-0.25, -0.2) is 9.48 Å². The summed E-state index contributed by atoms with van der Waals surface area (Å²) in [6.45, 7) is 5.16. The van der Waals surface area contributed by atoms with Gasteiger partial charge in [0, 0.05) is 6.42 Å². The fourth-order valence-electron chi connectivity index (χ4n) is 2.67. The molecule has 0 radical (unpaired) electrons. The highest BCUT2D eigenvalue weighted by Gasteiger charge is 2.26. The Morgan fingerprint density at radius 2 is 2.12 bits per heavy atom. The third-order valence-corrected chi connectivity index (χ3v) is 3.70. The van der Waals surface area contributed by atoms with Gasteiger partial charge in [-0.1, -0.05) is 17.3 Å². The monoisotopic (exact) mass is 344 g/mol. The zero-order valence-electron chi connectivity index (χ0n) is 14.4. The lowest BCUT2D eigenvalue weighted by molar-refractivity contribution is -0.117. The van der Waals surface area contributed by atoms with Crippen LogP contribution < -0.4 is 5.32 Å². The molecular formula is C17H20N4O4. The fraction of sp³-hybridized carbons (Fsp3) is 0.412. The SMILES string of the molecule is CC(C)(C)OC(=O)Nc1nnn2c1CC(=O)Cc1ccc(CO)cc1-2. The number of fused-ring (bicyclic) bond motifs is 3. The van der Waals surface area contributed by atoms with E-state index in [-0.39, 0.29) is 31.0 Å². The molecule has 25 heavy (non-hydrogen) atoms. The Labute approximate surface area is 144 Å². The molecule has 2 heterocycles. The number of carbonyl (C=O) groups excluding carboxylic acids is 2. The van der Waals surface area contributed by atoms with Crippen LogP contribution in [0.25, 0.3) is 5.69 Å². The number of ketones is 1. The first-order chi connectivity index (χ1) is 11.8. The highest BCUT2D eigenvalue weighted by Crippen LogP contribution is 2.26. The molecule has 1 amide bonds. The number of amides is 1. The summed E-state index contributed by atoms with van der Waals surface area (Å²) in [7, 11) is 0. The molecule has 2 aromatic rings. The molecule has 0 saturated heterocycles. The third-order valence-electron chi connectivity index (χ3n) is 3.70. The fourth-order valence-corrected chi connectivity index (χ4v) is 2.67. The number of nitrogens with one attached hydrogen (secondary N) is 1. The number of aromatic nitrogens is 3. The van der Waals surface area contributed by atoms with Crippen LogP contribution in [-0.4, -0.2) is 37.6 Å². The second-order valence-corrected chi connectivity index (χ2v) is 6.94. The second kappa shape index (κ2) is 6.29. The first kappa shape index (κ1) is 17.1. The number of aliphatic hydroxyl groups excluding tert-OH is 1. The molecule has 0 fully saturated rings. The van der Waals surface area contributed by atoms with Gasteiger partial charge in [0.2, 0.25) is 0 Å². The van der Waals surface area contributed by atoms with Crippen LogP contribution in [0.15, 0.2) is 18.2 Å². The molecule has 8 nitrogen and oxygen atoms in total. The molecule has 3 rings (SSSR count). The molecule has 0 atom stereocenters. The van der Waals surface area contributed by atoms with E-state index in [9.17, 15) is 14.7 Å². The van der Waals surface area contributed by atoms with Gasteiger partial charge in [-0.15, -0.1) is 5.10 Å². The van der Waals surface area contributed by atoms with Gasteiger partial charge in [0.15, 0.2) is 5.82 Å². The van der Waals surface area contributed by atoms with Crippen molar-refractivity contribution in [2.24, 2.45) is 0 Å². The van der Waals surface area contributed by atoms with Crippen LogP contribution in [0.1, 0.15) is 37.6 Å². The molecule has 1 aromatic heterocycles. The van der Waals surface area contributed by atoms with Crippen molar-refractivity contribution in [3.63, 3.8) is 0 Å². The van der Waals surface area contributed by atoms with Crippen molar-refractivity contribution >= 4 is 17.7 Å². The van der Waals surface area contributed by atoms with E-state index in [2.05, 4.69) is 15.6 Å². The zero-order chi connectivity index (χ0) is 18.2. The van der Waals surface area contributed by atoms with E-state index < -0.39 is 11.7 Å². The number of carbonyl (C=O) groups is 2. The highest BCUT2D eigenvalue weighted by atomic mass is 16.6. The van der Waals surface area contributed by atoms with E-state index in [1.54, 1.807) is 39.0 Å². The van der Waals surface area contributed by atoms with Crippen molar-refractivity contribution < 1.29 is 19.4 Å². The molecule has 1 aromatic carbocycles. The number of Topliss-reactive ketones (excluding diaryl/α,β-unsaturated/α-hetero) is 1. The van der Waals surface area contributed by atoms with Crippen molar-refractivity contribution in [2.75, 3.05) is 5.32 Å². The lowest BCUT2D eigenvalue weighted by Crippen LogP contribution is -2.27. The Kier molecular flexibility index (Phi) is 4.30. The number of benzene rings is 1. The Hall–Kier alpha value is -2.74. The smallest absolute Gasteiger partial charge is 0.413 e. The third kappa shape index (κ3) is 3.69. The quantitative estimate of drug-likeness (QED) is 0.860. The number of nitrogens with zero attached hydrogens (tertiary/aromatic N) is 3. The molecule has 1 aliphatic heterocycles. The Morgan fingerprint density at radius 1 is 1.36 bits per heavy atom. The van der Waals surface area contributed by atoms with E-state index in [4.69, 9.17) is 4.74 Å². The van der Waals surface area contributed by atoms with Gasteiger partial charge < -0.3 is 9.84 Å². The van der Waals surface area contributed by atoms with Gasteiger partial charge in [0.1, 0.15) is 11.4 Å². The molecule has 0 unspecified atom stereocenters. The summed E-state index contributed by atoms with van der Waals surface area (Å²) < 4.78 is 6.75. The topological polar surface area (TPSA) is 106 Å². The standard InChI is InChI=1S/C17H20N4O4/c1-17(2,3)25-16(24)18-15-14-8-12(23)7-11-5-4-10(9-22)6-13(11)21(14)20-19-15/h4-6,22H,7-9H2,1-3H3,(H,18,24). The Morgan fingerprint density at radius 3 is 2.80 bits per heavy atom. The maximum absolute atomic E-state index is 12.3. The average molecular weight is 344 g/mol. The van der Waals surface area contributed by atoms with Crippen LogP contribution >= 0.6 is 0 Å². The minimum atomic E-state index is -0.656. The molecule has 1 aliphatic rings. The van der Waals surface area contributed by atoms with Crippen LogP contribution in [0, 0.1) is 0 Å². The van der Waals surface area contributed by atoms with Crippen molar-refractivity contribution in [3.05, 3.63) is 35.0 Å². The van der Waals surface area contributed by atoms with Gasteiger partial charge in [-0.05, 0) is 38.0 Å². The molecule has 0 spiro atoms. The average Bonchev–Trinajstić information content (AvgIpc) is 2.81. The number of hydrogen-bond acceptors (Lipinski definition) is 6. The van der Waals surface area contributed by atoms with Crippen molar-refractivity contribution in [2.45, 2.75) is 45.8 Å². The van der Waals surface area contributed by atoms with E-state index in [1.165, 1.54) is 4.68 Å². The van der Waals surface area contributed by atoms with Gasteiger partial charge in [-0.3, -0.25) is 10.1 Å². The van der Waals surface area contributed by atoms with E-state index in [0.717, 1.165) is 5.56 Å². The van der Waals surface area contributed by atoms with Crippen LogP contribution in [0.3, 0.4) is 0 Å². The van der Waals surface area contributed by atoms with Crippen molar-refractivity contribution in [3.8, 4) is 5.69 Å². The summed E-state index contributed by atoms with van der Waals surface area (Å²) >= 11 is 0. The normalized spacial score (nSPS) is 13.7. The number of aliphatic hydroxyl groups is 1. The van der Waals surface area contributed by atoms with E-state index in [1.807, 2.05) is 0 Å². The minimum Gasteiger partial charge on any atom is -0.444 e. The number of rotatable bonds is 2. The summed E-state index contributed by atoms with van der Waals surface area (Å²) in [6, 6.07) is 5.34. The minimum absolute atomic E-state index is 0.00807. The number of hydrogen-bond donors (Lipinski definition) is 2. The largest absolute Gasteiger partial charge is 0.444 e. The maximum Gasteiger partial charge on any atom is 0.413 e. The first-order valence-electron chi connectivity index (χ1n) is 7.96. The summed E-state index contributed by atoms with van der Waals surface area (Å²) in [5.74, 6) is 0.191. The summed E-state index contributed by atoms with van der Waals surface area (Å²) in [5, 5.41) is 20.0. The van der Waals surface area contributed by atoms with Gasteiger partial charge >= 0.3 is 6.09 Å². The number of ether oxygens (including phenoxy) is 1. The summed E-state index contributed by atoms with van der Waals surface area (Å²) in [6.07, 6.45) is -0.297. The highest BCUT2D eigenvalue weighted by molar-refractivity contribution is 5.89. The van der Waals surface area contributed by atoms with Crippen molar-refractivity contribution in [1.82, 2.24) is 15.0 Å². The molecule has 0 bridgehead atoms. The summed E-state index contributed by atoms with van der Waals surface area (Å²) in [4.78, 5) is 24.3. The van der Waals surface area contributed by atoms with Crippen molar-refractivity contribution in [1.29, 1.82) is 0 Å². The molecule has 2 N–H and O–H groups in total. The van der Waals surface area contributed by atoms with Crippen LogP contribution in [-0.2, 0) is 29.0 Å². The lowest BCUT2D eigenvalue weighted by Gasteiger charge is -2.19. The Bertz CT molecular complexity index is 836. The maximum atomic E-state index is 12.3. The molecule has 8 heteroatoms. The summed E-state index contributed by atoms with van der Waals surface area (Å²) in [5.41, 5.74) is 2.03. The van der Waals surface area contributed by atoms with E-state index >= 15 is 0 Å². The zero-order valence-corrected chi connectivity index (χ0v) is 14.4. The first-order valence-corrected chi connectivity index (χ1v) is 7.96. The van der Waals surface area contributed by atoms with Gasteiger partial charge in [0.05, 0.1) is 24.4 Å².